The highest BCUT2D eigenvalue weighted by molar-refractivity contribution is 7.16. The highest BCUT2D eigenvalue weighted by Gasteiger charge is 2.17. The van der Waals surface area contributed by atoms with Crippen molar-refractivity contribution in [2.45, 2.75) is 18.9 Å². The molecule has 0 radical (unpaired) electrons. The SMILES string of the molecule is N#Cc1cncc(-c2ncc(NC[C@@H]3CCCN3)c(Oc3ccc4ncsc4c3)n2)c1. The van der Waals surface area contributed by atoms with E-state index in [0.717, 1.165) is 29.7 Å². The predicted molar refractivity (Wildman–Crippen MR) is 119 cm³/mol. The Kier molecular flexibility index (Phi) is 5.39. The summed E-state index contributed by atoms with van der Waals surface area (Å²) in [4.78, 5) is 17.6. The first kappa shape index (κ1) is 19.4. The van der Waals surface area contributed by atoms with E-state index in [0.29, 0.717) is 40.3 Å². The first-order valence-corrected chi connectivity index (χ1v) is 10.9. The summed E-state index contributed by atoms with van der Waals surface area (Å²) in [7, 11) is 0. The van der Waals surface area contributed by atoms with Gasteiger partial charge in [-0.3, -0.25) is 4.98 Å². The van der Waals surface area contributed by atoms with Gasteiger partial charge in [-0.15, -0.1) is 11.3 Å². The Morgan fingerprint density at radius 1 is 1.23 bits per heavy atom. The number of nitriles is 1. The number of pyridine rings is 1. The molecule has 1 aliphatic heterocycles. The van der Waals surface area contributed by atoms with Crippen molar-refractivity contribution in [3.05, 3.63) is 53.9 Å². The van der Waals surface area contributed by atoms with Gasteiger partial charge in [0.1, 0.15) is 17.5 Å². The minimum absolute atomic E-state index is 0.414. The van der Waals surface area contributed by atoms with Gasteiger partial charge in [0.05, 0.1) is 27.5 Å². The standard InChI is InChI=1S/C22H19N7OS/c23-8-14-6-15(10-24-9-14)21-27-12-19(26-11-16-2-1-5-25-16)22(29-21)30-17-3-4-18-20(7-17)31-13-28-18/h3-4,6-7,9-10,12-13,16,25-26H,1-2,5,11H2/t16-/m0/s1. The largest absolute Gasteiger partial charge is 0.437 e. The molecule has 2 N–H and O–H groups in total. The first-order valence-electron chi connectivity index (χ1n) is 9.99. The zero-order chi connectivity index (χ0) is 21.0. The zero-order valence-corrected chi connectivity index (χ0v) is 17.4. The number of rotatable bonds is 6. The molecule has 9 heteroatoms. The first-order chi connectivity index (χ1) is 15.3. The maximum atomic E-state index is 9.17. The Morgan fingerprint density at radius 3 is 3.06 bits per heavy atom. The maximum absolute atomic E-state index is 9.17. The summed E-state index contributed by atoms with van der Waals surface area (Å²) in [5.41, 5.74) is 4.57. The molecular formula is C22H19N7OS. The van der Waals surface area contributed by atoms with Crippen molar-refractivity contribution in [2.75, 3.05) is 18.4 Å². The van der Waals surface area contributed by atoms with E-state index in [1.807, 2.05) is 23.7 Å². The Bertz CT molecular complexity index is 1260. The van der Waals surface area contributed by atoms with Gasteiger partial charge in [-0.05, 0) is 37.6 Å². The van der Waals surface area contributed by atoms with Crippen molar-refractivity contribution in [1.29, 1.82) is 5.26 Å². The number of fused-ring (bicyclic) bond motifs is 1. The molecule has 4 heterocycles. The lowest BCUT2D eigenvalue weighted by Crippen LogP contribution is -2.29. The van der Waals surface area contributed by atoms with Crippen LogP contribution in [0.4, 0.5) is 5.69 Å². The van der Waals surface area contributed by atoms with E-state index in [9.17, 15) is 0 Å². The predicted octanol–water partition coefficient (Wildman–Crippen LogP) is 3.98. The van der Waals surface area contributed by atoms with Crippen LogP contribution in [0.5, 0.6) is 11.6 Å². The van der Waals surface area contributed by atoms with Crippen LogP contribution in [0, 0.1) is 11.3 Å². The van der Waals surface area contributed by atoms with Crippen LogP contribution in [-0.4, -0.2) is 39.1 Å². The molecule has 1 aromatic carbocycles. The number of ether oxygens (including phenoxy) is 1. The van der Waals surface area contributed by atoms with Crippen molar-refractivity contribution in [3.63, 3.8) is 0 Å². The fourth-order valence-corrected chi connectivity index (χ4v) is 4.21. The van der Waals surface area contributed by atoms with E-state index >= 15 is 0 Å². The molecule has 31 heavy (non-hydrogen) atoms. The number of aromatic nitrogens is 4. The van der Waals surface area contributed by atoms with E-state index in [1.165, 1.54) is 12.6 Å². The van der Waals surface area contributed by atoms with Gasteiger partial charge in [0.2, 0.25) is 5.88 Å². The molecule has 0 unspecified atom stereocenters. The number of thiazole rings is 1. The maximum Gasteiger partial charge on any atom is 0.246 e. The monoisotopic (exact) mass is 429 g/mol. The van der Waals surface area contributed by atoms with Gasteiger partial charge in [-0.2, -0.15) is 10.2 Å². The summed E-state index contributed by atoms with van der Waals surface area (Å²) >= 11 is 1.56. The molecule has 8 nitrogen and oxygen atoms in total. The molecule has 0 amide bonds. The molecule has 5 rings (SSSR count). The molecule has 0 saturated carbocycles. The quantitative estimate of drug-likeness (QED) is 0.474. The third-order valence-electron chi connectivity index (χ3n) is 5.10. The highest BCUT2D eigenvalue weighted by Crippen LogP contribution is 2.32. The highest BCUT2D eigenvalue weighted by atomic mass is 32.1. The molecule has 154 valence electrons. The van der Waals surface area contributed by atoms with E-state index in [-0.39, 0.29) is 0 Å². The lowest BCUT2D eigenvalue weighted by atomic mass is 10.2. The molecule has 3 aromatic heterocycles. The summed E-state index contributed by atoms with van der Waals surface area (Å²) in [6.07, 6.45) is 7.19. The summed E-state index contributed by atoms with van der Waals surface area (Å²) in [6, 6.07) is 9.99. The van der Waals surface area contributed by atoms with Gasteiger partial charge in [0, 0.05) is 36.6 Å². The fourth-order valence-electron chi connectivity index (χ4n) is 3.50. The second-order valence-electron chi connectivity index (χ2n) is 7.24. The van der Waals surface area contributed by atoms with Crippen LogP contribution in [-0.2, 0) is 0 Å². The average molecular weight is 430 g/mol. The van der Waals surface area contributed by atoms with Crippen molar-refractivity contribution < 1.29 is 4.74 Å². The van der Waals surface area contributed by atoms with Gasteiger partial charge in [0.15, 0.2) is 5.82 Å². The van der Waals surface area contributed by atoms with Crippen molar-refractivity contribution in [2.24, 2.45) is 0 Å². The number of anilines is 1. The Hall–Kier alpha value is -3.61. The van der Waals surface area contributed by atoms with Crippen LogP contribution >= 0.6 is 11.3 Å². The van der Waals surface area contributed by atoms with Gasteiger partial charge in [0.25, 0.3) is 0 Å². The van der Waals surface area contributed by atoms with E-state index in [2.05, 4.69) is 36.6 Å². The van der Waals surface area contributed by atoms with Crippen molar-refractivity contribution >= 4 is 27.2 Å². The number of benzene rings is 1. The van der Waals surface area contributed by atoms with Gasteiger partial charge < -0.3 is 15.4 Å². The minimum Gasteiger partial charge on any atom is -0.437 e. The third kappa shape index (κ3) is 4.30. The molecule has 1 atom stereocenters. The van der Waals surface area contributed by atoms with Gasteiger partial charge in [-0.25, -0.2) is 9.97 Å². The molecule has 1 aliphatic rings. The Balaban J connectivity index is 1.48. The van der Waals surface area contributed by atoms with E-state index in [1.54, 1.807) is 29.8 Å². The van der Waals surface area contributed by atoms with Crippen LogP contribution in [0.25, 0.3) is 21.6 Å². The lowest BCUT2D eigenvalue weighted by Gasteiger charge is -2.16. The molecule has 0 spiro atoms. The van der Waals surface area contributed by atoms with E-state index in [4.69, 9.17) is 10.00 Å². The summed E-state index contributed by atoms with van der Waals surface area (Å²) in [5.74, 6) is 1.55. The van der Waals surface area contributed by atoms with Crippen molar-refractivity contribution in [3.8, 4) is 29.1 Å². The summed E-state index contributed by atoms with van der Waals surface area (Å²) in [5, 5.41) is 16.1. The topological polar surface area (TPSA) is 109 Å². The van der Waals surface area contributed by atoms with Gasteiger partial charge in [-0.1, -0.05) is 0 Å². The number of nitrogens with zero attached hydrogens (tertiary/aromatic N) is 5. The van der Waals surface area contributed by atoms with Crippen LogP contribution in [0.15, 0.2) is 48.4 Å². The molecular weight excluding hydrogens is 410 g/mol. The second kappa shape index (κ2) is 8.63. The van der Waals surface area contributed by atoms with Crippen LogP contribution in [0.1, 0.15) is 18.4 Å². The van der Waals surface area contributed by atoms with E-state index < -0.39 is 0 Å². The Labute approximate surface area is 183 Å². The normalized spacial score (nSPS) is 15.6. The molecule has 0 bridgehead atoms. The summed E-state index contributed by atoms with van der Waals surface area (Å²) < 4.78 is 7.22. The average Bonchev–Trinajstić information content (AvgIpc) is 3.50. The zero-order valence-electron chi connectivity index (χ0n) is 16.6. The molecule has 1 saturated heterocycles. The molecule has 4 aromatic rings. The smallest absolute Gasteiger partial charge is 0.246 e. The lowest BCUT2D eigenvalue weighted by molar-refractivity contribution is 0.464. The minimum atomic E-state index is 0.414. The third-order valence-corrected chi connectivity index (χ3v) is 5.89. The van der Waals surface area contributed by atoms with Crippen LogP contribution in [0.2, 0.25) is 0 Å². The molecule has 0 aliphatic carbocycles. The number of hydrogen-bond donors (Lipinski definition) is 2. The Morgan fingerprint density at radius 2 is 2.19 bits per heavy atom. The van der Waals surface area contributed by atoms with Crippen LogP contribution in [0.3, 0.4) is 0 Å². The number of hydrogen-bond acceptors (Lipinski definition) is 9. The van der Waals surface area contributed by atoms with Crippen LogP contribution < -0.4 is 15.4 Å². The van der Waals surface area contributed by atoms with Gasteiger partial charge >= 0.3 is 0 Å². The second-order valence-corrected chi connectivity index (χ2v) is 8.13. The summed E-state index contributed by atoms with van der Waals surface area (Å²) in [6.45, 7) is 1.81. The number of nitrogens with one attached hydrogen (secondary N) is 2. The fraction of sp³-hybridized carbons (Fsp3) is 0.227. The molecule has 1 fully saturated rings. The van der Waals surface area contributed by atoms with Crippen molar-refractivity contribution in [1.82, 2.24) is 25.3 Å².